The summed E-state index contributed by atoms with van der Waals surface area (Å²) in [6, 6.07) is 5.09. The van der Waals surface area contributed by atoms with E-state index in [1.54, 1.807) is 49.4 Å². The van der Waals surface area contributed by atoms with Crippen LogP contribution in [0.5, 0.6) is 17.2 Å². The number of hydrogen-bond donors (Lipinski definition) is 3. The molecule has 0 spiro atoms. The van der Waals surface area contributed by atoms with Crippen molar-refractivity contribution in [1.82, 2.24) is 4.98 Å². The van der Waals surface area contributed by atoms with Crippen LogP contribution in [-0.2, 0) is 28.5 Å². The van der Waals surface area contributed by atoms with Gasteiger partial charge in [0.2, 0.25) is 5.43 Å². The highest BCUT2D eigenvalue weighted by Gasteiger charge is 2.50. The number of benzene rings is 3. The summed E-state index contributed by atoms with van der Waals surface area (Å²) in [5.74, 6) is -5.43. The zero-order chi connectivity index (χ0) is 48.7. The van der Waals surface area contributed by atoms with Crippen LogP contribution < -0.4 is 20.2 Å². The minimum Gasteiger partial charge on any atom is -0.507 e. The van der Waals surface area contributed by atoms with E-state index in [1.165, 1.54) is 34.1 Å². The van der Waals surface area contributed by atoms with Crippen molar-refractivity contribution >= 4 is 45.2 Å². The molecule has 3 N–H and O–H groups in total. The predicted molar refractivity (Wildman–Crippen MR) is 251 cm³/mol. The highest BCUT2D eigenvalue weighted by molar-refractivity contribution is 6.22. The average Bonchev–Trinajstić information content (AvgIpc) is 3.56. The Morgan fingerprint density at radius 3 is 2.40 bits per heavy atom. The Bertz CT molecular complexity index is 2680. The van der Waals surface area contributed by atoms with Gasteiger partial charge in [0.15, 0.2) is 11.3 Å². The summed E-state index contributed by atoms with van der Waals surface area (Å²) >= 11 is 0. The number of hydrogen-bond acceptors (Lipinski definition) is 14. The number of ether oxygens (including phenoxy) is 6. The van der Waals surface area contributed by atoms with Crippen LogP contribution in [0.4, 0.5) is 5.69 Å². The molecule has 2 aromatic carbocycles. The topological polar surface area (TPSA) is 202 Å². The van der Waals surface area contributed by atoms with Gasteiger partial charge in [-0.2, -0.15) is 0 Å². The molecule has 5 aliphatic rings. The number of esters is 1. The number of carbonyl (C=O) groups is 3. The second-order valence-corrected chi connectivity index (χ2v) is 19.0. The van der Waals surface area contributed by atoms with E-state index in [0.29, 0.717) is 31.1 Å². The number of anilines is 1. The molecule has 360 valence electrons. The molecule has 2 aromatic rings. The molecule has 4 aliphatic heterocycles. The number of likely N-dealkylation sites (N-methyl/N-ethyl adjacent to an activating group) is 1. The van der Waals surface area contributed by atoms with Gasteiger partial charge in [0, 0.05) is 55.4 Å². The van der Waals surface area contributed by atoms with E-state index < -0.39 is 58.9 Å². The molecule has 7 rings (SSSR count). The second-order valence-electron chi connectivity index (χ2n) is 19.0. The smallest absolute Gasteiger partial charge is 0.312 e. The lowest BCUT2D eigenvalue weighted by molar-refractivity contribution is -0.916. The van der Waals surface area contributed by atoms with E-state index in [9.17, 15) is 29.4 Å². The van der Waals surface area contributed by atoms with Crippen molar-refractivity contribution in [2.24, 2.45) is 29.6 Å². The van der Waals surface area contributed by atoms with Crippen LogP contribution in [0.3, 0.4) is 0 Å². The van der Waals surface area contributed by atoms with Crippen molar-refractivity contribution in [2.45, 2.75) is 86.4 Å². The zero-order valence-electron chi connectivity index (χ0n) is 40.3. The summed E-state index contributed by atoms with van der Waals surface area (Å²) < 4.78 is 43.3. The number of allylic oxidation sites excluding steroid dienone is 2. The summed E-state index contributed by atoms with van der Waals surface area (Å²) in [4.78, 5) is 61.1. The number of amides is 1. The van der Waals surface area contributed by atoms with Crippen molar-refractivity contribution in [2.75, 3.05) is 58.9 Å². The third-order valence-electron chi connectivity index (χ3n) is 14.3. The molecule has 4 heterocycles. The van der Waals surface area contributed by atoms with Gasteiger partial charge in [0.25, 0.3) is 11.7 Å². The number of Topliss-reactive ketones (excluding diaryl/α,β-unsaturated/α-hetero) is 1. The van der Waals surface area contributed by atoms with Gasteiger partial charge in [-0.1, -0.05) is 52.8 Å². The molecule has 67 heavy (non-hydrogen) atoms. The van der Waals surface area contributed by atoms with Crippen LogP contribution in [0, 0.1) is 36.5 Å². The minimum atomic E-state index is -2.00. The van der Waals surface area contributed by atoms with Crippen LogP contribution in [0.25, 0.3) is 33.3 Å². The molecule has 0 saturated carbocycles. The van der Waals surface area contributed by atoms with Gasteiger partial charge in [-0.3, -0.25) is 19.2 Å². The summed E-state index contributed by atoms with van der Waals surface area (Å²) in [5, 5.41) is 25.8. The largest absolute Gasteiger partial charge is 0.507 e. The van der Waals surface area contributed by atoms with Gasteiger partial charge in [-0.05, 0) is 49.8 Å². The molecular weight excluding hydrogens is 863 g/mol. The lowest BCUT2D eigenvalue weighted by Gasteiger charge is -2.39. The summed E-state index contributed by atoms with van der Waals surface area (Å²) in [5.41, 5.74) is -0.346. The first-order valence-electron chi connectivity index (χ1n) is 23.0. The van der Waals surface area contributed by atoms with E-state index in [0.717, 1.165) is 24.1 Å². The van der Waals surface area contributed by atoms with E-state index in [4.69, 9.17) is 37.8 Å². The van der Waals surface area contributed by atoms with Crippen LogP contribution >= 0.6 is 0 Å². The highest BCUT2D eigenvalue weighted by Crippen LogP contribution is 2.50. The van der Waals surface area contributed by atoms with Gasteiger partial charge in [-0.15, -0.1) is 0 Å². The zero-order valence-corrected chi connectivity index (χ0v) is 40.3. The lowest BCUT2D eigenvalue weighted by atomic mass is 9.73. The van der Waals surface area contributed by atoms with Crippen LogP contribution in [0.15, 0.2) is 63.6 Å². The number of ketones is 1. The maximum absolute atomic E-state index is 14.8. The fourth-order valence-corrected chi connectivity index (χ4v) is 9.48. The number of fused-ring (bicyclic) bond motifs is 2. The number of quaternary nitrogens is 1. The summed E-state index contributed by atoms with van der Waals surface area (Å²) in [6.45, 7) is 19.8. The van der Waals surface area contributed by atoms with Gasteiger partial charge in [0.05, 0.1) is 49.7 Å². The molecule has 1 amide bonds. The lowest BCUT2D eigenvalue weighted by Crippen LogP contribution is -2.53. The van der Waals surface area contributed by atoms with Gasteiger partial charge < -0.3 is 52.9 Å². The fourth-order valence-electron chi connectivity index (χ4n) is 9.48. The number of phenols is 1. The highest BCUT2D eigenvalue weighted by atomic mass is 16.7. The average molecular weight is 927 g/mol. The predicted octanol–water partition coefficient (Wildman–Crippen LogP) is 7.08. The number of morpholine rings is 1. The Morgan fingerprint density at radius 2 is 1.72 bits per heavy atom. The summed E-state index contributed by atoms with van der Waals surface area (Å²) in [7, 11) is 3.67. The molecule has 1 saturated heterocycles. The molecular formula is C51H64N3O13+. The van der Waals surface area contributed by atoms with Gasteiger partial charge >= 0.3 is 11.8 Å². The van der Waals surface area contributed by atoms with Crippen molar-refractivity contribution in [3.05, 3.63) is 75.7 Å². The Balaban J connectivity index is 1.38. The number of aromatic nitrogens is 1. The third-order valence-corrected chi connectivity index (χ3v) is 14.3. The second kappa shape index (κ2) is 19.4. The molecule has 0 radical (unpaired) electrons. The fraction of sp³-hybridized carbons (Fsp3) is 0.510. The van der Waals surface area contributed by atoms with E-state index in [-0.39, 0.29) is 79.6 Å². The Morgan fingerprint density at radius 1 is 1.00 bits per heavy atom. The van der Waals surface area contributed by atoms with Crippen LogP contribution in [0.1, 0.15) is 71.3 Å². The van der Waals surface area contributed by atoms with E-state index in [1.807, 2.05) is 34.6 Å². The monoisotopic (exact) mass is 926 g/mol. The first-order chi connectivity index (χ1) is 31.7. The first-order valence-corrected chi connectivity index (χ1v) is 23.0. The Hall–Kier alpha value is -5.81. The van der Waals surface area contributed by atoms with Crippen molar-refractivity contribution < 1.29 is 61.9 Å². The number of nitrogens with zero attached hydrogens (tertiary/aromatic N) is 2. The first kappa shape index (κ1) is 49.1. The molecule has 16 nitrogen and oxygen atoms in total. The Labute approximate surface area is 390 Å². The number of nitrogens with one attached hydrogen (secondary N) is 1. The molecule has 9 atom stereocenters. The van der Waals surface area contributed by atoms with E-state index in [2.05, 4.69) is 12.4 Å². The Kier molecular flexibility index (Phi) is 14.2. The molecule has 16 heteroatoms. The van der Waals surface area contributed by atoms with Gasteiger partial charge in [-0.25, -0.2) is 4.98 Å². The number of phenolic OH excluding ortho intramolecular Hbond substituents is 1. The number of aromatic hydroxyl groups is 1. The van der Waals surface area contributed by atoms with Crippen LogP contribution in [0.2, 0.25) is 0 Å². The van der Waals surface area contributed by atoms with Crippen molar-refractivity contribution in [3.63, 3.8) is 0 Å². The quantitative estimate of drug-likeness (QED) is 0.0766. The molecule has 1 fully saturated rings. The number of aliphatic hydroxyl groups excluding tert-OH is 1. The SMILES string of the molecule is CO[C@H]1/C=C/O[C@@]2(C)Oc3c(C)c(O)c4c(=O)c(c5oc6cc(OCC[N+]7(C)CCOCC7)ccc6nc-5c4c3C2=O)NC(=O)/C(C)=C\C=C\[C@H](C)[C@H](O)[C@@H](C)[C@@H](C)[C@@H](C)[C@H](OC(C)=O)[C@@H]1C. The number of methoxy groups -OCH3 is 1. The molecule has 1 aliphatic carbocycles. The molecule has 0 unspecified atom stereocenters. The summed E-state index contributed by atoms with van der Waals surface area (Å²) in [6.07, 6.45) is 5.75. The van der Waals surface area contributed by atoms with E-state index >= 15 is 0 Å². The van der Waals surface area contributed by atoms with Crippen molar-refractivity contribution in [3.8, 4) is 28.7 Å². The maximum atomic E-state index is 14.8. The molecule has 4 bridgehead atoms. The number of carbonyl (C=O) groups excluding carboxylic acids is 3. The normalized spacial score (nSPS) is 30.1. The minimum absolute atomic E-state index is 0.000142. The number of rotatable bonds is 6. The maximum Gasteiger partial charge on any atom is 0.312 e. The number of aliphatic hydroxyl groups is 1. The van der Waals surface area contributed by atoms with Gasteiger partial charge in [0.1, 0.15) is 66.5 Å². The van der Waals surface area contributed by atoms with Crippen molar-refractivity contribution in [1.29, 1.82) is 0 Å². The molecule has 0 aromatic heterocycles. The third kappa shape index (κ3) is 9.54. The standard InChI is InChI=1S/C51H63N3O13/c1-26-13-12-14-27(2)50(60)53-42-45(58)39-38(41-48(42)66-37-25-34(15-16-35(37)52-41)63-24-20-54(10)18-22-62-23-19-54)40-47(32(7)44(39)57)67-51(9,49(40)59)64-21-17-36(61-11)31(6)46(65-33(8)55)30(5)28(3)29(4)43(26)56/h12-17,21,25-26,28-31,36,43,46,56H,18-20,22-24H2,1-11H3,(H-,52,53,57,58,59,60)/p+1/b13-12+,21-17+,27-14-/t26-,28+,29-,30+,31+,36-,43-,46-,51-/m0/s1. The van der Waals surface area contributed by atoms with Crippen LogP contribution in [-0.4, -0.2) is 115 Å².